The maximum absolute atomic E-state index is 12.4. The molecule has 0 aliphatic heterocycles. The van der Waals surface area contributed by atoms with Gasteiger partial charge in [-0.25, -0.2) is 0 Å². The minimum atomic E-state index is 0.292. The van der Waals surface area contributed by atoms with Gasteiger partial charge in [0.15, 0.2) is 5.78 Å². The summed E-state index contributed by atoms with van der Waals surface area (Å²) >= 11 is 0. The number of carbonyl (C=O) groups excluding carboxylic acids is 1. The summed E-state index contributed by atoms with van der Waals surface area (Å²) in [4.78, 5) is 12.4. The average Bonchev–Trinajstić information content (AvgIpc) is 2.49. The van der Waals surface area contributed by atoms with Crippen molar-refractivity contribution >= 4 is 5.78 Å². The summed E-state index contributed by atoms with van der Waals surface area (Å²) in [6.45, 7) is 2.26. The summed E-state index contributed by atoms with van der Waals surface area (Å²) in [5, 5.41) is 0. The van der Waals surface area contributed by atoms with Gasteiger partial charge in [-0.1, -0.05) is 76.1 Å². The van der Waals surface area contributed by atoms with Gasteiger partial charge >= 0.3 is 0 Å². The number of Topliss-reactive ketones (excluding diaryl/α,β-unsaturated/α-hetero) is 1. The minimum absolute atomic E-state index is 0.292. The highest BCUT2D eigenvalue weighted by molar-refractivity contribution is 6.00. The van der Waals surface area contributed by atoms with E-state index in [4.69, 9.17) is 0 Å². The fourth-order valence-electron chi connectivity index (χ4n) is 3.28. The van der Waals surface area contributed by atoms with E-state index in [0.29, 0.717) is 11.7 Å². The van der Waals surface area contributed by atoms with Crippen molar-refractivity contribution in [2.45, 2.75) is 71.1 Å². The molecule has 1 nitrogen and oxygen atoms in total. The molecular formula is C19H28O. The van der Waals surface area contributed by atoms with Crippen molar-refractivity contribution in [2.75, 3.05) is 0 Å². The van der Waals surface area contributed by atoms with Crippen LogP contribution in [0.15, 0.2) is 24.3 Å². The zero-order valence-corrected chi connectivity index (χ0v) is 12.9. The van der Waals surface area contributed by atoms with Crippen molar-refractivity contribution in [1.29, 1.82) is 0 Å². The summed E-state index contributed by atoms with van der Waals surface area (Å²) in [5.74, 6) is 0.693. The second-order valence-corrected chi connectivity index (χ2v) is 6.17. The van der Waals surface area contributed by atoms with Crippen molar-refractivity contribution in [3.05, 3.63) is 35.4 Å². The summed E-state index contributed by atoms with van der Waals surface area (Å²) in [7, 11) is 0. The van der Waals surface area contributed by atoms with E-state index in [-0.39, 0.29) is 0 Å². The third kappa shape index (κ3) is 4.19. The van der Waals surface area contributed by atoms with E-state index in [1.807, 2.05) is 18.2 Å². The molecule has 0 heterocycles. The molecule has 1 aliphatic carbocycles. The Morgan fingerprint density at radius 3 is 2.50 bits per heavy atom. The van der Waals surface area contributed by atoms with E-state index in [1.165, 1.54) is 50.5 Å². The monoisotopic (exact) mass is 272 g/mol. The van der Waals surface area contributed by atoms with E-state index in [0.717, 1.165) is 24.8 Å². The van der Waals surface area contributed by atoms with Gasteiger partial charge in [-0.3, -0.25) is 4.79 Å². The summed E-state index contributed by atoms with van der Waals surface area (Å²) in [6.07, 6.45) is 12.6. The molecule has 0 fully saturated rings. The highest BCUT2D eigenvalue weighted by atomic mass is 16.1. The zero-order valence-electron chi connectivity index (χ0n) is 12.9. The van der Waals surface area contributed by atoms with Crippen molar-refractivity contribution in [1.82, 2.24) is 0 Å². The number of fused-ring (bicyclic) bond motifs is 1. The van der Waals surface area contributed by atoms with Crippen LogP contribution in [-0.4, -0.2) is 5.78 Å². The molecule has 1 aliphatic rings. The average molecular weight is 272 g/mol. The van der Waals surface area contributed by atoms with E-state index >= 15 is 0 Å². The van der Waals surface area contributed by atoms with Crippen molar-refractivity contribution in [3.63, 3.8) is 0 Å². The maximum atomic E-state index is 12.4. The van der Waals surface area contributed by atoms with Crippen LogP contribution in [0.2, 0.25) is 0 Å². The second-order valence-electron chi connectivity index (χ2n) is 6.17. The van der Waals surface area contributed by atoms with Crippen LogP contribution in [-0.2, 0) is 6.42 Å². The van der Waals surface area contributed by atoms with Crippen molar-refractivity contribution in [3.8, 4) is 0 Å². The molecular weight excluding hydrogens is 244 g/mol. The first-order valence-electron chi connectivity index (χ1n) is 8.45. The Morgan fingerprint density at radius 2 is 1.70 bits per heavy atom. The van der Waals surface area contributed by atoms with Gasteiger partial charge in [-0.15, -0.1) is 0 Å². The summed E-state index contributed by atoms with van der Waals surface area (Å²) in [6, 6.07) is 8.15. The molecule has 0 bridgehead atoms. The van der Waals surface area contributed by atoms with Gasteiger partial charge in [0.2, 0.25) is 0 Å². The minimum Gasteiger partial charge on any atom is -0.294 e. The van der Waals surface area contributed by atoms with E-state index in [1.54, 1.807) is 0 Å². The first kappa shape index (κ1) is 15.3. The first-order chi connectivity index (χ1) is 9.83. The quantitative estimate of drug-likeness (QED) is 0.565. The lowest BCUT2D eigenvalue weighted by Crippen LogP contribution is -2.22. The molecule has 0 saturated heterocycles. The Kier molecular flexibility index (Phi) is 6.29. The van der Waals surface area contributed by atoms with Crippen molar-refractivity contribution < 1.29 is 4.79 Å². The molecule has 0 spiro atoms. The lowest BCUT2D eigenvalue weighted by atomic mass is 9.80. The zero-order chi connectivity index (χ0) is 14.2. The van der Waals surface area contributed by atoms with Crippen molar-refractivity contribution in [2.24, 2.45) is 5.92 Å². The summed E-state index contributed by atoms with van der Waals surface area (Å²) < 4.78 is 0. The molecule has 1 unspecified atom stereocenters. The smallest absolute Gasteiger partial charge is 0.166 e. The molecule has 110 valence electrons. The van der Waals surface area contributed by atoms with Crippen LogP contribution in [0.1, 0.15) is 80.6 Å². The lowest BCUT2D eigenvalue weighted by molar-refractivity contribution is 0.0892. The highest BCUT2D eigenvalue weighted by Gasteiger charge is 2.26. The van der Waals surface area contributed by atoms with E-state index < -0.39 is 0 Å². The predicted molar refractivity (Wildman–Crippen MR) is 85.2 cm³/mol. The normalized spacial score (nSPS) is 18.1. The summed E-state index contributed by atoms with van der Waals surface area (Å²) in [5.41, 5.74) is 2.25. The Hall–Kier alpha value is -1.11. The number of hydrogen-bond donors (Lipinski definition) is 0. The molecule has 0 saturated carbocycles. The first-order valence-corrected chi connectivity index (χ1v) is 8.45. The number of hydrogen-bond acceptors (Lipinski definition) is 1. The van der Waals surface area contributed by atoms with Crippen LogP contribution in [0, 0.1) is 5.92 Å². The Bertz CT molecular complexity index is 422. The predicted octanol–water partition coefficient (Wildman–Crippen LogP) is 5.57. The van der Waals surface area contributed by atoms with Crippen LogP contribution in [0.25, 0.3) is 0 Å². The Balaban J connectivity index is 1.69. The number of aryl methyl sites for hydroxylation is 1. The highest BCUT2D eigenvalue weighted by Crippen LogP contribution is 2.28. The molecule has 0 N–H and O–H groups in total. The number of carbonyl (C=O) groups is 1. The van der Waals surface area contributed by atoms with E-state index in [9.17, 15) is 4.79 Å². The lowest BCUT2D eigenvalue weighted by Gasteiger charge is -2.23. The van der Waals surface area contributed by atoms with Gasteiger partial charge in [0.05, 0.1) is 0 Å². The third-order valence-electron chi connectivity index (χ3n) is 4.57. The Labute approximate surface area is 123 Å². The number of ketones is 1. The SMILES string of the molecule is CCCCCCCCCC1CCc2ccccc2C1=O. The maximum Gasteiger partial charge on any atom is 0.166 e. The van der Waals surface area contributed by atoms with Gasteiger partial charge in [-0.05, 0) is 24.8 Å². The van der Waals surface area contributed by atoms with E-state index in [2.05, 4.69) is 13.0 Å². The molecule has 0 aromatic heterocycles. The molecule has 0 radical (unpaired) electrons. The van der Waals surface area contributed by atoms with Crippen LogP contribution < -0.4 is 0 Å². The standard InChI is InChI=1S/C19H28O/c1-2-3-4-5-6-7-8-12-17-15-14-16-11-9-10-13-18(16)19(17)20/h9-11,13,17H,2-8,12,14-15H2,1H3. The fourth-order valence-corrected chi connectivity index (χ4v) is 3.28. The second kappa shape index (κ2) is 8.24. The molecule has 2 rings (SSSR count). The number of rotatable bonds is 8. The van der Waals surface area contributed by atoms with Gasteiger partial charge in [-0.2, -0.15) is 0 Å². The molecule has 1 aromatic carbocycles. The van der Waals surface area contributed by atoms with Gasteiger partial charge in [0.1, 0.15) is 0 Å². The Morgan fingerprint density at radius 1 is 1.00 bits per heavy atom. The molecule has 20 heavy (non-hydrogen) atoms. The van der Waals surface area contributed by atoms with Gasteiger partial charge < -0.3 is 0 Å². The molecule has 1 aromatic rings. The van der Waals surface area contributed by atoms with Gasteiger partial charge in [0.25, 0.3) is 0 Å². The molecule has 1 heteroatoms. The number of benzene rings is 1. The molecule has 0 amide bonds. The van der Waals surface area contributed by atoms with Crippen LogP contribution in [0.3, 0.4) is 0 Å². The fraction of sp³-hybridized carbons (Fsp3) is 0.632. The molecule has 1 atom stereocenters. The van der Waals surface area contributed by atoms with Crippen LogP contribution >= 0.6 is 0 Å². The van der Waals surface area contributed by atoms with Crippen LogP contribution in [0.4, 0.5) is 0 Å². The van der Waals surface area contributed by atoms with Gasteiger partial charge in [0, 0.05) is 11.5 Å². The largest absolute Gasteiger partial charge is 0.294 e. The van der Waals surface area contributed by atoms with Crippen LogP contribution in [0.5, 0.6) is 0 Å². The number of unbranched alkanes of at least 4 members (excludes halogenated alkanes) is 6. The third-order valence-corrected chi connectivity index (χ3v) is 4.57. The topological polar surface area (TPSA) is 17.1 Å².